The van der Waals surface area contributed by atoms with E-state index in [1.54, 1.807) is 23.1 Å². The molecule has 1 aromatic rings. The average molecular weight is 340 g/mol. The molecule has 2 saturated heterocycles. The number of para-hydroxylation sites is 1. The number of carbonyl (C=O) groups excluding carboxylic acids is 1. The van der Waals surface area contributed by atoms with E-state index >= 15 is 0 Å². The number of rotatable bonds is 2. The number of hydrogen-bond donors (Lipinski definition) is 1. The first-order valence-corrected chi connectivity index (χ1v) is 7.85. The fourth-order valence-corrected chi connectivity index (χ4v) is 3.63. The van der Waals surface area contributed by atoms with E-state index in [2.05, 4.69) is 5.32 Å². The minimum absolute atomic E-state index is 0. The summed E-state index contributed by atoms with van der Waals surface area (Å²) in [5.74, 6) is -0.212. The van der Waals surface area contributed by atoms with Gasteiger partial charge in [0.2, 0.25) is 0 Å². The van der Waals surface area contributed by atoms with Crippen LogP contribution in [0.25, 0.3) is 0 Å². The van der Waals surface area contributed by atoms with Gasteiger partial charge in [-0.3, -0.25) is 14.9 Å². The highest BCUT2D eigenvalue weighted by atomic mass is 35.5. The molecule has 2 heterocycles. The zero-order valence-corrected chi connectivity index (χ0v) is 13.8. The standard InChI is InChI=1S/C16H21N3O3.ClH/c20-15(13-3-1-2-4-14(13)19(21)22)18-11-7-16(8-12-18)5-9-17-10-6-16;/h1-4,17H,5-12H2;1H. The van der Waals surface area contributed by atoms with E-state index in [0.717, 1.165) is 25.9 Å². The normalized spacial score (nSPS) is 19.9. The molecule has 1 spiro atoms. The van der Waals surface area contributed by atoms with Gasteiger partial charge in [-0.2, -0.15) is 0 Å². The third-order valence-electron chi connectivity index (χ3n) is 5.11. The Balaban J connectivity index is 0.00000192. The molecular formula is C16H22ClN3O3. The van der Waals surface area contributed by atoms with E-state index in [1.165, 1.54) is 18.9 Å². The molecular weight excluding hydrogens is 318 g/mol. The van der Waals surface area contributed by atoms with Gasteiger partial charge in [0.15, 0.2) is 0 Å². The summed E-state index contributed by atoms with van der Waals surface area (Å²) in [5, 5.41) is 14.5. The second kappa shape index (κ2) is 7.27. The van der Waals surface area contributed by atoms with Crippen molar-refractivity contribution >= 4 is 24.0 Å². The molecule has 2 fully saturated rings. The number of piperidine rings is 2. The number of halogens is 1. The Hall–Kier alpha value is -1.66. The molecule has 0 bridgehead atoms. The van der Waals surface area contributed by atoms with Crippen molar-refractivity contribution in [1.82, 2.24) is 10.2 Å². The highest BCUT2D eigenvalue weighted by Crippen LogP contribution is 2.39. The SMILES string of the molecule is Cl.O=C(c1ccccc1[N+](=O)[O-])N1CCC2(CCNCC2)CC1. The molecule has 0 atom stereocenters. The molecule has 2 aliphatic heterocycles. The molecule has 2 aliphatic rings. The second-order valence-electron chi connectivity index (χ2n) is 6.32. The lowest BCUT2D eigenvalue weighted by molar-refractivity contribution is -0.385. The van der Waals surface area contributed by atoms with Crippen LogP contribution in [-0.4, -0.2) is 41.9 Å². The van der Waals surface area contributed by atoms with Crippen LogP contribution >= 0.6 is 12.4 Å². The van der Waals surface area contributed by atoms with Gasteiger partial charge in [-0.05, 0) is 50.3 Å². The highest BCUT2D eigenvalue weighted by Gasteiger charge is 2.37. The van der Waals surface area contributed by atoms with Crippen molar-refractivity contribution < 1.29 is 9.72 Å². The van der Waals surface area contributed by atoms with Gasteiger partial charge in [-0.15, -0.1) is 12.4 Å². The third-order valence-corrected chi connectivity index (χ3v) is 5.11. The predicted octanol–water partition coefficient (Wildman–Crippen LogP) is 2.62. The molecule has 0 aromatic heterocycles. The van der Waals surface area contributed by atoms with Gasteiger partial charge in [0.1, 0.15) is 5.56 Å². The molecule has 3 rings (SSSR count). The van der Waals surface area contributed by atoms with Crippen LogP contribution in [0.1, 0.15) is 36.0 Å². The number of nitro groups is 1. The van der Waals surface area contributed by atoms with Crippen molar-refractivity contribution in [3.63, 3.8) is 0 Å². The number of benzene rings is 1. The van der Waals surface area contributed by atoms with Gasteiger partial charge in [-0.25, -0.2) is 0 Å². The summed E-state index contributed by atoms with van der Waals surface area (Å²) < 4.78 is 0. The summed E-state index contributed by atoms with van der Waals surface area (Å²) in [5.41, 5.74) is 0.466. The Kier molecular flexibility index (Phi) is 5.59. The molecule has 1 aromatic carbocycles. The lowest BCUT2D eigenvalue weighted by Gasteiger charge is -2.44. The fourth-order valence-electron chi connectivity index (χ4n) is 3.63. The van der Waals surface area contributed by atoms with Gasteiger partial charge in [0.05, 0.1) is 4.92 Å². The summed E-state index contributed by atoms with van der Waals surface area (Å²) in [6, 6.07) is 6.22. The largest absolute Gasteiger partial charge is 0.338 e. The summed E-state index contributed by atoms with van der Waals surface area (Å²) >= 11 is 0. The smallest absolute Gasteiger partial charge is 0.282 e. The molecule has 0 aliphatic carbocycles. The first-order chi connectivity index (χ1) is 10.6. The molecule has 0 unspecified atom stereocenters. The molecule has 1 amide bonds. The van der Waals surface area contributed by atoms with Crippen LogP contribution in [0.2, 0.25) is 0 Å². The maximum atomic E-state index is 12.6. The molecule has 0 radical (unpaired) electrons. The zero-order valence-electron chi connectivity index (χ0n) is 13.0. The van der Waals surface area contributed by atoms with Crippen molar-refractivity contribution in [2.24, 2.45) is 5.41 Å². The topological polar surface area (TPSA) is 75.5 Å². The van der Waals surface area contributed by atoms with Crippen molar-refractivity contribution in [3.05, 3.63) is 39.9 Å². The number of nitrogens with zero attached hydrogens (tertiary/aromatic N) is 2. The van der Waals surface area contributed by atoms with Crippen molar-refractivity contribution in [1.29, 1.82) is 0 Å². The van der Waals surface area contributed by atoms with Crippen LogP contribution < -0.4 is 5.32 Å². The number of nitro benzene ring substituents is 1. The lowest BCUT2D eigenvalue weighted by Crippen LogP contribution is -2.47. The second-order valence-corrected chi connectivity index (χ2v) is 6.32. The Morgan fingerprint density at radius 2 is 1.74 bits per heavy atom. The first kappa shape index (κ1) is 17.7. The zero-order chi connectivity index (χ0) is 15.6. The lowest BCUT2D eigenvalue weighted by atomic mass is 9.71. The predicted molar refractivity (Wildman–Crippen MR) is 90.0 cm³/mol. The Morgan fingerprint density at radius 1 is 1.13 bits per heavy atom. The van der Waals surface area contributed by atoms with Crippen LogP contribution in [0.5, 0.6) is 0 Å². The van der Waals surface area contributed by atoms with Gasteiger partial charge >= 0.3 is 0 Å². The van der Waals surface area contributed by atoms with Gasteiger partial charge in [0.25, 0.3) is 11.6 Å². The maximum absolute atomic E-state index is 12.6. The Morgan fingerprint density at radius 3 is 2.35 bits per heavy atom. The highest BCUT2D eigenvalue weighted by molar-refractivity contribution is 5.98. The minimum atomic E-state index is -0.481. The minimum Gasteiger partial charge on any atom is -0.338 e. The van der Waals surface area contributed by atoms with Crippen molar-refractivity contribution in [2.45, 2.75) is 25.7 Å². The first-order valence-electron chi connectivity index (χ1n) is 7.85. The molecule has 6 nitrogen and oxygen atoms in total. The summed E-state index contributed by atoms with van der Waals surface area (Å²) in [6.07, 6.45) is 4.34. The summed E-state index contributed by atoms with van der Waals surface area (Å²) in [4.78, 5) is 25.0. The fraction of sp³-hybridized carbons (Fsp3) is 0.562. The third kappa shape index (κ3) is 3.64. The van der Waals surface area contributed by atoms with Crippen LogP contribution in [0.15, 0.2) is 24.3 Å². The molecule has 23 heavy (non-hydrogen) atoms. The van der Waals surface area contributed by atoms with E-state index in [0.29, 0.717) is 18.5 Å². The number of nitrogens with one attached hydrogen (secondary N) is 1. The van der Waals surface area contributed by atoms with Crippen LogP contribution in [0, 0.1) is 15.5 Å². The van der Waals surface area contributed by atoms with Crippen LogP contribution in [-0.2, 0) is 0 Å². The number of hydrogen-bond acceptors (Lipinski definition) is 4. The van der Waals surface area contributed by atoms with Crippen LogP contribution in [0.4, 0.5) is 5.69 Å². The molecule has 7 heteroatoms. The Bertz CT molecular complexity index is 578. The monoisotopic (exact) mass is 339 g/mol. The maximum Gasteiger partial charge on any atom is 0.282 e. The van der Waals surface area contributed by atoms with Gasteiger partial charge in [0, 0.05) is 19.2 Å². The van der Waals surface area contributed by atoms with Gasteiger partial charge in [-0.1, -0.05) is 12.1 Å². The number of carbonyl (C=O) groups is 1. The van der Waals surface area contributed by atoms with Crippen LogP contribution in [0.3, 0.4) is 0 Å². The average Bonchev–Trinajstić information content (AvgIpc) is 2.56. The van der Waals surface area contributed by atoms with E-state index < -0.39 is 4.92 Å². The Labute approximate surface area is 141 Å². The summed E-state index contributed by atoms with van der Waals surface area (Å²) in [6.45, 7) is 3.51. The van der Waals surface area contributed by atoms with E-state index in [9.17, 15) is 14.9 Å². The van der Waals surface area contributed by atoms with Crippen molar-refractivity contribution in [2.75, 3.05) is 26.2 Å². The molecule has 126 valence electrons. The van der Waals surface area contributed by atoms with Crippen molar-refractivity contribution in [3.8, 4) is 0 Å². The number of likely N-dealkylation sites (tertiary alicyclic amines) is 1. The molecule has 0 saturated carbocycles. The van der Waals surface area contributed by atoms with E-state index in [1.807, 2.05) is 0 Å². The van der Waals surface area contributed by atoms with E-state index in [-0.39, 0.29) is 29.6 Å². The quantitative estimate of drug-likeness (QED) is 0.664. The number of amides is 1. The molecule has 1 N–H and O–H groups in total. The summed E-state index contributed by atoms with van der Waals surface area (Å²) in [7, 11) is 0. The van der Waals surface area contributed by atoms with E-state index in [4.69, 9.17) is 0 Å². The van der Waals surface area contributed by atoms with Gasteiger partial charge < -0.3 is 10.2 Å².